The third kappa shape index (κ3) is 3.41. The van der Waals surface area contributed by atoms with E-state index in [0.29, 0.717) is 28.2 Å². The molecule has 0 aliphatic carbocycles. The lowest BCUT2D eigenvalue weighted by Gasteiger charge is -2.08. The number of pyridine rings is 2. The van der Waals surface area contributed by atoms with Gasteiger partial charge < -0.3 is 5.32 Å². The Balaban J connectivity index is 1.57. The number of halogens is 1. The summed E-state index contributed by atoms with van der Waals surface area (Å²) in [5, 5.41) is 12.4. The number of nitriles is 1. The number of rotatable bonds is 3. The van der Waals surface area contributed by atoms with Gasteiger partial charge in [-0.3, -0.25) is 4.79 Å². The number of carbonyl (C=O) groups is 1. The van der Waals surface area contributed by atoms with E-state index in [4.69, 9.17) is 5.26 Å². The first-order valence-electron chi connectivity index (χ1n) is 8.47. The van der Waals surface area contributed by atoms with E-state index in [2.05, 4.69) is 15.3 Å². The molecular formula is C22H13FN4O. The second-order valence-corrected chi connectivity index (χ2v) is 6.08. The first-order chi connectivity index (χ1) is 13.6. The number of nitrogens with zero attached hydrogens (tertiary/aromatic N) is 3. The molecule has 28 heavy (non-hydrogen) atoms. The maximum Gasteiger partial charge on any atom is 0.256 e. The van der Waals surface area contributed by atoms with E-state index < -0.39 is 11.7 Å². The molecule has 2 heterocycles. The molecule has 0 atom stereocenters. The van der Waals surface area contributed by atoms with E-state index in [9.17, 15) is 9.18 Å². The van der Waals surface area contributed by atoms with E-state index in [1.807, 2.05) is 12.1 Å². The van der Waals surface area contributed by atoms with Crippen molar-refractivity contribution in [1.29, 1.82) is 5.26 Å². The van der Waals surface area contributed by atoms with Gasteiger partial charge in [-0.1, -0.05) is 18.2 Å². The molecule has 2 aromatic carbocycles. The molecule has 0 spiro atoms. The van der Waals surface area contributed by atoms with Crippen molar-refractivity contribution >= 4 is 22.8 Å². The van der Waals surface area contributed by atoms with Gasteiger partial charge in [0, 0.05) is 22.7 Å². The van der Waals surface area contributed by atoms with Crippen LogP contribution in [0.1, 0.15) is 15.9 Å². The molecule has 4 aromatic rings. The normalized spacial score (nSPS) is 10.4. The van der Waals surface area contributed by atoms with Crippen molar-refractivity contribution in [3.8, 4) is 17.2 Å². The summed E-state index contributed by atoms with van der Waals surface area (Å²) in [6, 6.07) is 20.0. The van der Waals surface area contributed by atoms with Crippen molar-refractivity contribution in [2.24, 2.45) is 0 Å². The highest BCUT2D eigenvalue weighted by molar-refractivity contribution is 6.04. The standard InChI is InChI=1S/C22H13FN4O/c23-19-12-17(7-9-18(19)15-5-3-14(13-24)4-6-15)22(28)27-20-10-8-16-2-1-11-25-21(16)26-20/h1-12H,(H,25,26,27,28). The highest BCUT2D eigenvalue weighted by Crippen LogP contribution is 2.24. The smallest absolute Gasteiger partial charge is 0.256 e. The van der Waals surface area contributed by atoms with Gasteiger partial charge in [0.2, 0.25) is 0 Å². The lowest BCUT2D eigenvalue weighted by atomic mass is 10.0. The van der Waals surface area contributed by atoms with Crippen LogP contribution in [0.4, 0.5) is 10.2 Å². The Kier molecular flexibility index (Phi) is 4.48. The fourth-order valence-corrected chi connectivity index (χ4v) is 2.83. The fraction of sp³-hybridized carbons (Fsp3) is 0. The Bertz CT molecular complexity index is 1230. The van der Waals surface area contributed by atoms with Crippen LogP contribution in [0.3, 0.4) is 0 Å². The molecule has 0 saturated carbocycles. The maximum absolute atomic E-state index is 14.6. The Morgan fingerprint density at radius 1 is 1.04 bits per heavy atom. The van der Waals surface area contributed by atoms with Gasteiger partial charge in [0.05, 0.1) is 11.6 Å². The van der Waals surface area contributed by atoms with Gasteiger partial charge >= 0.3 is 0 Å². The van der Waals surface area contributed by atoms with Gasteiger partial charge in [-0.2, -0.15) is 5.26 Å². The lowest BCUT2D eigenvalue weighted by Crippen LogP contribution is -2.13. The number of fused-ring (bicyclic) bond motifs is 1. The molecule has 1 N–H and O–H groups in total. The minimum atomic E-state index is -0.523. The minimum absolute atomic E-state index is 0.179. The Hall–Kier alpha value is -4.11. The molecule has 0 bridgehead atoms. The number of hydrogen-bond acceptors (Lipinski definition) is 4. The Morgan fingerprint density at radius 2 is 1.86 bits per heavy atom. The maximum atomic E-state index is 14.6. The molecule has 0 aliphatic rings. The van der Waals surface area contributed by atoms with Gasteiger partial charge in [-0.05, 0) is 54.1 Å². The summed E-state index contributed by atoms with van der Waals surface area (Å²) >= 11 is 0. The predicted octanol–water partition coefficient (Wildman–Crippen LogP) is 4.56. The summed E-state index contributed by atoms with van der Waals surface area (Å²) in [5.41, 5.74) is 2.18. The zero-order valence-electron chi connectivity index (χ0n) is 14.6. The average Bonchev–Trinajstić information content (AvgIpc) is 2.73. The molecule has 2 aromatic heterocycles. The molecule has 0 saturated heterocycles. The zero-order chi connectivity index (χ0) is 19.5. The largest absolute Gasteiger partial charge is 0.306 e. The van der Waals surface area contributed by atoms with Crippen molar-refractivity contribution in [1.82, 2.24) is 9.97 Å². The van der Waals surface area contributed by atoms with E-state index in [1.165, 1.54) is 6.07 Å². The SMILES string of the molecule is N#Cc1ccc(-c2ccc(C(=O)Nc3ccc4cccnc4n3)cc2F)cc1. The predicted molar refractivity (Wildman–Crippen MR) is 104 cm³/mol. The molecule has 134 valence electrons. The summed E-state index contributed by atoms with van der Waals surface area (Å²) in [6.07, 6.45) is 1.62. The van der Waals surface area contributed by atoms with E-state index in [1.54, 1.807) is 60.8 Å². The molecular weight excluding hydrogens is 355 g/mol. The third-order valence-electron chi connectivity index (χ3n) is 4.26. The van der Waals surface area contributed by atoms with Gasteiger partial charge in [-0.15, -0.1) is 0 Å². The second-order valence-electron chi connectivity index (χ2n) is 6.08. The number of hydrogen-bond donors (Lipinski definition) is 1. The van der Waals surface area contributed by atoms with Crippen LogP contribution >= 0.6 is 0 Å². The van der Waals surface area contributed by atoms with Crippen molar-refractivity contribution < 1.29 is 9.18 Å². The number of amides is 1. The fourth-order valence-electron chi connectivity index (χ4n) is 2.83. The number of aromatic nitrogens is 2. The summed E-state index contributed by atoms with van der Waals surface area (Å²) in [5.74, 6) is -0.647. The number of benzene rings is 2. The average molecular weight is 368 g/mol. The number of anilines is 1. The van der Waals surface area contributed by atoms with Crippen LogP contribution in [0, 0.1) is 17.1 Å². The first kappa shape index (κ1) is 17.3. The Labute approximate surface area is 160 Å². The van der Waals surface area contributed by atoms with Crippen LogP contribution in [0.5, 0.6) is 0 Å². The Morgan fingerprint density at radius 3 is 2.61 bits per heavy atom. The molecule has 0 unspecified atom stereocenters. The van der Waals surface area contributed by atoms with Crippen LogP contribution in [0.2, 0.25) is 0 Å². The van der Waals surface area contributed by atoms with Crippen molar-refractivity contribution in [3.05, 3.63) is 89.9 Å². The van der Waals surface area contributed by atoms with Gasteiger partial charge in [-0.25, -0.2) is 14.4 Å². The molecule has 4 rings (SSSR count). The van der Waals surface area contributed by atoms with E-state index >= 15 is 0 Å². The third-order valence-corrected chi connectivity index (χ3v) is 4.26. The van der Waals surface area contributed by atoms with Gasteiger partial charge in [0.25, 0.3) is 5.91 Å². The van der Waals surface area contributed by atoms with Crippen molar-refractivity contribution in [2.75, 3.05) is 5.32 Å². The van der Waals surface area contributed by atoms with Gasteiger partial charge in [0.15, 0.2) is 5.65 Å². The van der Waals surface area contributed by atoms with Crippen LogP contribution in [0.25, 0.3) is 22.2 Å². The summed E-state index contributed by atoms with van der Waals surface area (Å²) in [6.45, 7) is 0. The molecule has 0 radical (unpaired) electrons. The van der Waals surface area contributed by atoms with Crippen molar-refractivity contribution in [2.45, 2.75) is 0 Å². The van der Waals surface area contributed by atoms with Crippen LogP contribution in [0.15, 0.2) is 72.9 Å². The monoisotopic (exact) mass is 368 g/mol. The quantitative estimate of drug-likeness (QED) is 0.575. The van der Waals surface area contributed by atoms with Crippen LogP contribution in [-0.2, 0) is 0 Å². The summed E-state index contributed by atoms with van der Waals surface area (Å²) in [4.78, 5) is 20.9. The molecule has 6 heteroatoms. The zero-order valence-corrected chi connectivity index (χ0v) is 14.6. The van der Waals surface area contributed by atoms with Crippen LogP contribution < -0.4 is 5.32 Å². The molecule has 5 nitrogen and oxygen atoms in total. The lowest BCUT2D eigenvalue weighted by molar-refractivity contribution is 0.102. The van der Waals surface area contributed by atoms with Crippen LogP contribution in [-0.4, -0.2) is 15.9 Å². The molecule has 0 fully saturated rings. The van der Waals surface area contributed by atoms with E-state index in [0.717, 1.165) is 5.39 Å². The highest BCUT2D eigenvalue weighted by Gasteiger charge is 2.12. The number of carbonyl (C=O) groups excluding carboxylic acids is 1. The summed E-state index contributed by atoms with van der Waals surface area (Å²) in [7, 11) is 0. The van der Waals surface area contributed by atoms with E-state index in [-0.39, 0.29) is 5.56 Å². The van der Waals surface area contributed by atoms with Gasteiger partial charge in [0.1, 0.15) is 11.6 Å². The summed E-state index contributed by atoms with van der Waals surface area (Å²) < 4.78 is 14.6. The first-order valence-corrected chi connectivity index (χ1v) is 8.47. The molecule has 1 amide bonds. The number of nitrogens with one attached hydrogen (secondary N) is 1. The second kappa shape index (κ2) is 7.25. The molecule has 0 aliphatic heterocycles. The van der Waals surface area contributed by atoms with Crippen molar-refractivity contribution in [3.63, 3.8) is 0 Å². The minimum Gasteiger partial charge on any atom is -0.306 e. The topological polar surface area (TPSA) is 78.7 Å². The highest BCUT2D eigenvalue weighted by atomic mass is 19.1.